The molecule has 3 atom stereocenters. The van der Waals surface area contributed by atoms with Crippen LogP contribution in [0.15, 0.2) is 30.3 Å². The molecule has 1 aromatic carbocycles. The highest BCUT2D eigenvalue weighted by atomic mass is 32.2. The molecule has 2 amide bonds. The zero-order valence-corrected chi connectivity index (χ0v) is 14.6. The molecule has 0 bridgehead atoms. The lowest BCUT2D eigenvalue weighted by molar-refractivity contribution is -0.170. The number of rotatable bonds is 4. The predicted octanol–water partition coefficient (Wildman–Crippen LogP) is 1.25. The molecule has 1 aromatic rings. The van der Waals surface area contributed by atoms with E-state index in [9.17, 15) is 19.5 Å². The number of hydrogen-bond donors (Lipinski definition) is 2. The van der Waals surface area contributed by atoms with Crippen LogP contribution in [-0.4, -0.2) is 49.5 Å². The van der Waals surface area contributed by atoms with Crippen molar-refractivity contribution in [2.45, 2.75) is 48.9 Å². The lowest BCUT2D eigenvalue weighted by Crippen LogP contribution is -2.74. The summed E-state index contributed by atoms with van der Waals surface area (Å²) in [6.45, 7) is 5.21. The topological polar surface area (TPSA) is 86.7 Å². The van der Waals surface area contributed by atoms with Crippen LogP contribution in [-0.2, 0) is 20.8 Å². The molecule has 7 heteroatoms. The Bertz CT molecular complexity index is 706. The number of carboxylic acid groups (broad SMARTS) is 1. The summed E-state index contributed by atoms with van der Waals surface area (Å²) >= 11 is 1.42. The van der Waals surface area contributed by atoms with Crippen molar-refractivity contribution in [3.8, 4) is 0 Å². The molecule has 24 heavy (non-hydrogen) atoms. The van der Waals surface area contributed by atoms with Crippen molar-refractivity contribution in [3.63, 3.8) is 0 Å². The summed E-state index contributed by atoms with van der Waals surface area (Å²) in [6, 6.07) is 8.62. The minimum Gasteiger partial charge on any atom is -0.479 e. The highest BCUT2D eigenvalue weighted by Crippen LogP contribution is 2.56. The number of carboxylic acids is 1. The van der Waals surface area contributed by atoms with Gasteiger partial charge in [-0.25, -0.2) is 4.79 Å². The Morgan fingerprint density at radius 1 is 1.25 bits per heavy atom. The number of carbonyl (C=O) groups is 3. The second-order valence-electron chi connectivity index (χ2n) is 6.81. The zero-order valence-electron chi connectivity index (χ0n) is 13.8. The molecular weight excluding hydrogens is 328 g/mol. The maximum Gasteiger partial charge on any atom is 0.330 e. The van der Waals surface area contributed by atoms with Crippen LogP contribution in [0.4, 0.5) is 0 Å². The Kier molecular flexibility index (Phi) is 3.86. The fourth-order valence-corrected chi connectivity index (χ4v) is 5.03. The minimum absolute atomic E-state index is 0.196. The Morgan fingerprint density at radius 2 is 1.88 bits per heavy atom. The fourth-order valence-electron chi connectivity index (χ4n) is 3.27. The van der Waals surface area contributed by atoms with Crippen LogP contribution in [0.3, 0.4) is 0 Å². The Labute approximate surface area is 144 Å². The van der Waals surface area contributed by atoms with Crippen LogP contribution in [0, 0.1) is 0 Å². The van der Waals surface area contributed by atoms with E-state index in [1.54, 1.807) is 6.92 Å². The lowest BCUT2D eigenvalue weighted by Gasteiger charge is -2.48. The highest BCUT2D eigenvalue weighted by Gasteiger charge is 2.70. The molecule has 6 nitrogen and oxygen atoms in total. The fraction of sp³-hybridized carbons (Fsp3) is 0.471. The molecule has 0 radical (unpaired) electrons. The molecule has 0 unspecified atom stereocenters. The largest absolute Gasteiger partial charge is 0.479 e. The van der Waals surface area contributed by atoms with E-state index in [1.165, 1.54) is 16.7 Å². The predicted molar refractivity (Wildman–Crippen MR) is 90.4 cm³/mol. The van der Waals surface area contributed by atoms with Crippen LogP contribution < -0.4 is 5.32 Å². The molecule has 2 aliphatic heterocycles. The maximum atomic E-state index is 12.5. The number of carbonyl (C=O) groups excluding carboxylic acids is 2. The quantitative estimate of drug-likeness (QED) is 0.800. The van der Waals surface area contributed by atoms with Crippen LogP contribution in [0.1, 0.15) is 26.3 Å². The molecule has 0 aromatic heterocycles. The van der Waals surface area contributed by atoms with Crippen molar-refractivity contribution < 1.29 is 19.5 Å². The molecule has 128 valence electrons. The highest BCUT2D eigenvalue weighted by molar-refractivity contribution is 8.01. The third-order valence-corrected chi connectivity index (χ3v) is 6.76. The van der Waals surface area contributed by atoms with Gasteiger partial charge in [-0.15, -0.1) is 11.8 Å². The summed E-state index contributed by atoms with van der Waals surface area (Å²) in [6.07, 6.45) is 0.196. The maximum absolute atomic E-state index is 12.5. The summed E-state index contributed by atoms with van der Waals surface area (Å²) in [5.41, 5.74) is -0.409. The minimum atomic E-state index is -1.28. The van der Waals surface area contributed by atoms with Crippen LogP contribution in [0.25, 0.3) is 0 Å². The second-order valence-corrected chi connectivity index (χ2v) is 8.55. The van der Waals surface area contributed by atoms with Gasteiger partial charge in [-0.1, -0.05) is 30.3 Å². The normalized spacial score (nSPS) is 30.5. The number of fused-ring (bicyclic) bond motifs is 1. The number of benzene rings is 1. The van der Waals surface area contributed by atoms with E-state index >= 15 is 0 Å². The molecular formula is C17H20N2O4S. The Balaban J connectivity index is 1.72. The monoisotopic (exact) mass is 348 g/mol. The zero-order chi connectivity index (χ0) is 17.7. The van der Waals surface area contributed by atoms with Crippen molar-refractivity contribution in [3.05, 3.63) is 35.9 Å². The first-order valence-corrected chi connectivity index (χ1v) is 8.64. The van der Waals surface area contributed by atoms with E-state index in [0.717, 1.165) is 5.56 Å². The van der Waals surface area contributed by atoms with E-state index in [-0.39, 0.29) is 23.6 Å². The SMILES string of the molecule is CC1(C)S[C@@H]2[C@@H](NC(=O)Cc3ccccc3)C(=O)N2[C@@]1(C)C(=O)O. The van der Waals surface area contributed by atoms with Crippen molar-refractivity contribution in [1.82, 2.24) is 10.2 Å². The molecule has 2 fully saturated rings. The molecule has 0 aliphatic carbocycles. The average molecular weight is 348 g/mol. The first-order valence-electron chi connectivity index (χ1n) is 7.76. The number of hydrogen-bond acceptors (Lipinski definition) is 4. The number of nitrogens with zero attached hydrogens (tertiary/aromatic N) is 1. The first-order chi connectivity index (χ1) is 11.2. The van der Waals surface area contributed by atoms with Crippen molar-refractivity contribution in [2.24, 2.45) is 0 Å². The van der Waals surface area contributed by atoms with Gasteiger partial charge in [-0.3, -0.25) is 9.59 Å². The third kappa shape index (κ3) is 2.30. The van der Waals surface area contributed by atoms with Gasteiger partial charge in [0, 0.05) is 4.75 Å². The van der Waals surface area contributed by atoms with Gasteiger partial charge in [0.2, 0.25) is 11.8 Å². The van der Waals surface area contributed by atoms with Gasteiger partial charge in [-0.2, -0.15) is 0 Å². The van der Waals surface area contributed by atoms with Gasteiger partial charge in [0.1, 0.15) is 11.4 Å². The number of nitrogens with one attached hydrogen (secondary N) is 1. The van der Waals surface area contributed by atoms with E-state index in [2.05, 4.69) is 5.32 Å². The standard InChI is InChI=1S/C17H20N2O4S/c1-16(2)17(3,15(22)23)19-13(21)12(14(19)24-16)18-11(20)9-10-7-5-4-6-8-10/h4-8,12,14H,9H2,1-3H3,(H,18,20)(H,22,23)/t12-,14+,17-/m0/s1. The van der Waals surface area contributed by atoms with Gasteiger partial charge in [0.15, 0.2) is 5.54 Å². The van der Waals surface area contributed by atoms with Gasteiger partial charge >= 0.3 is 5.97 Å². The second kappa shape index (κ2) is 5.51. The van der Waals surface area contributed by atoms with Crippen LogP contribution in [0.5, 0.6) is 0 Å². The lowest BCUT2D eigenvalue weighted by atomic mass is 9.82. The molecule has 2 N–H and O–H groups in total. The van der Waals surface area contributed by atoms with E-state index < -0.39 is 22.3 Å². The summed E-state index contributed by atoms with van der Waals surface area (Å²) in [7, 11) is 0. The van der Waals surface area contributed by atoms with Crippen molar-refractivity contribution >= 4 is 29.5 Å². The number of β-lactam (4-membered cyclic amide) rings is 1. The number of amides is 2. The summed E-state index contributed by atoms with van der Waals surface area (Å²) in [5, 5.41) is 12.0. The molecule has 2 heterocycles. The average Bonchev–Trinajstić information content (AvgIpc) is 2.71. The molecule has 0 saturated carbocycles. The Hall–Kier alpha value is -2.02. The summed E-state index contributed by atoms with van der Waals surface area (Å²) < 4.78 is -0.641. The van der Waals surface area contributed by atoms with Gasteiger partial charge in [0.05, 0.1) is 6.42 Å². The third-order valence-electron chi connectivity index (χ3n) is 5.05. The van der Waals surface area contributed by atoms with Crippen molar-refractivity contribution in [2.75, 3.05) is 0 Å². The smallest absolute Gasteiger partial charge is 0.330 e. The van der Waals surface area contributed by atoms with E-state index in [0.29, 0.717) is 0 Å². The first kappa shape index (κ1) is 16.8. The van der Waals surface area contributed by atoms with Gasteiger partial charge < -0.3 is 15.3 Å². The molecule has 2 saturated heterocycles. The van der Waals surface area contributed by atoms with Gasteiger partial charge in [0.25, 0.3) is 0 Å². The summed E-state index contributed by atoms with van der Waals surface area (Å²) in [5.74, 6) is -1.59. The number of thioether (sulfide) groups is 1. The molecule has 0 spiro atoms. The van der Waals surface area contributed by atoms with E-state index in [4.69, 9.17) is 0 Å². The van der Waals surface area contributed by atoms with Crippen LogP contribution >= 0.6 is 11.8 Å². The molecule has 2 aliphatic rings. The molecule has 3 rings (SSSR count). The number of aliphatic carboxylic acids is 1. The van der Waals surface area contributed by atoms with Crippen molar-refractivity contribution in [1.29, 1.82) is 0 Å². The van der Waals surface area contributed by atoms with Gasteiger partial charge in [-0.05, 0) is 26.3 Å². The van der Waals surface area contributed by atoms with Crippen LogP contribution in [0.2, 0.25) is 0 Å². The van der Waals surface area contributed by atoms with E-state index in [1.807, 2.05) is 44.2 Å². The Morgan fingerprint density at radius 3 is 2.46 bits per heavy atom. The summed E-state index contributed by atoms with van der Waals surface area (Å²) in [4.78, 5) is 37.8.